The smallest absolute Gasteiger partial charge is 0.409 e. The van der Waals surface area contributed by atoms with Gasteiger partial charge in [0.1, 0.15) is 0 Å². The van der Waals surface area contributed by atoms with Crippen molar-refractivity contribution in [1.82, 2.24) is 14.8 Å². The summed E-state index contributed by atoms with van der Waals surface area (Å²) in [5, 5.41) is 1.59. The third-order valence-corrected chi connectivity index (χ3v) is 7.47. The van der Waals surface area contributed by atoms with Crippen molar-refractivity contribution in [3.05, 3.63) is 40.0 Å². The van der Waals surface area contributed by atoms with Gasteiger partial charge in [-0.05, 0) is 62.6 Å². The number of piperazine rings is 1. The Labute approximate surface area is 216 Å². The van der Waals surface area contributed by atoms with Crippen molar-refractivity contribution in [3.63, 3.8) is 0 Å². The zero-order chi connectivity index (χ0) is 25.8. The van der Waals surface area contributed by atoms with Crippen molar-refractivity contribution in [3.8, 4) is 0 Å². The molecule has 2 atom stereocenters. The van der Waals surface area contributed by atoms with Crippen molar-refractivity contribution in [1.29, 1.82) is 0 Å². The van der Waals surface area contributed by atoms with Gasteiger partial charge in [-0.15, -0.1) is 0 Å². The summed E-state index contributed by atoms with van der Waals surface area (Å²) in [6.07, 6.45) is 4.06. The molecule has 1 fully saturated rings. The van der Waals surface area contributed by atoms with Gasteiger partial charge in [-0.2, -0.15) is 0 Å². The summed E-state index contributed by atoms with van der Waals surface area (Å²) in [4.78, 5) is 38.1. The van der Waals surface area contributed by atoms with Crippen LogP contribution in [-0.4, -0.2) is 71.6 Å². The molecule has 2 heterocycles. The Morgan fingerprint density at radius 1 is 1.28 bits per heavy atom. The van der Waals surface area contributed by atoms with Crippen LogP contribution in [0.2, 0.25) is 5.02 Å². The van der Waals surface area contributed by atoms with Gasteiger partial charge in [0.2, 0.25) is 0 Å². The second kappa shape index (κ2) is 11.3. The average molecular weight is 515 g/mol. The van der Waals surface area contributed by atoms with Crippen molar-refractivity contribution in [2.24, 2.45) is 22.4 Å². The lowest BCUT2D eigenvalue weighted by molar-refractivity contribution is 0.0414. The second-order valence-electron chi connectivity index (χ2n) is 9.70. The minimum absolute atomic E-state index is 0.0725. The fraction of sp³-hybridized carbons (Fsp3) is 0.538. The van der Waals surface area contributed by atoms with Crippen molar-refractivity contribution >= 4 is 40.5 Å². The first-order chi connectivity index (χ1) is 17.3. The van der Waals surface area contributed by atoms with Gasteiger partial charge in [0.15, 0.2) is 5.96 Å². The highest BCUT2D eigenvalue weighted by Crippen LogP contribution is 2.36. The molecular formula is C26H35ClN6O3. The van der Waals surface area contributed by atoms with Gasteiger partial charge < -0.3 is 26.0 Å². The van der Waals surface area contributed by atoms with Gasteiger partial charge in [-0.3, -0.25) is 14.8 Å². The van der Waals surface area contributed by atoms with Crippen LogP contribution in [0.1, 0.15) is 54.7 Å². The molecule has 2 amide bonds. The lowest BCUT2D eigenvalue weighted by atomic mass is 9.84. The maximum atomic E-state index is 13.4. The quantitative estimate of drug-likeness (QED) is 0.449. The maximum Gasteiger partial charge on any atom is 0.409 e. The lowest BCUT2D eigenvalue weighted by Crippen LogP contribution is -2.55. The summed E-state index contributed by atoms with van der Waals surface area (Å²) < 4.78 is 5.25. The van der Waals surface area contributed by atoms with E-state index in [1.54, 1.807) is 4.90 Å². The number of benzene rings is 1. The molecule has 4 N–H and O–H groups in total. The van der Waals surface area contributed by atoms with Crippen LogP contribution < -0.4 is 11.5 Å². The Hall–Kier alpha value is -3.07. The molecule has 9 nitrogen and oxygen atoms in total. The highest BCUT2D eigenvalue weighted by atomic mass is 35.5. The van der Waals surface area contributed by atoms with Crippen LogP contribution in [0.5, 0.6) is 0 Å². The number of pyridine rings is 1. The Morgan fingerprint density at radius 3 is 2.81 bits per heavy atom. The summed E-state index contributed by atoms with van der Waals surface area (Å²) in [6, 6.07) is 5.43. The predicted molar refractivity (Wildman–Crippen MR) is 141 cm³/mol. The molecule has 0 saturated carbocycles. The second-order valence-corrected chi connectivity index (χ2v) is 10.1. The van der Waals surface area contributed by atoms with Crippen molar-refractivity contribution in [2.75, 3.05) is 32.8 Å². The monoisotopic (exact) mass is 514 g/mol. The van der Waals surface area contributed by atoms with E-state index in [0.29, 0.717) is 44.3 Å². The fourth-order valence-corrected chi connectivity index (χ4v) is 5.45. The molecule has 1 aromatic carbocycles. The number of nitrogens with zero attached hydrogens (tertiary/aromatic N) is 4. The number of carbonyl (C=O) groups is 2. The van der Waals surface area contributed by atoms with E-state index in [4.69, 9.17) is 32.8 Å². The predicted octanol–water partition coefficient (Wildman–Crippen LogP) is 3.35. The van der Waals surface area contributed by atoms with Gasteiger partial charge in [0, 0.05) is 48.9 Å². The van der Waals surface area contributed by atoms with E-state index in [1.807, 2.05) is 36.9 Å². The van der Waals surface area contributed by atoms with E-state index in [2.05, 4.69) is 4.99 Å². The molecule has 194 valence electrons. The molecule has 0 radical (unpaired) electrons. The van der Waals surface area contributed by atoms with Crippen LogP contribution >= 0.6 is 11.6 Å². The van der Waals surface area contributed by atoms with Crippen LogP contribution in [0.15, 0.2) is 23.2 Å². The first kappa shape index (κ1) is 26.0. The Kier molecular flexibility index (Phi) is 8.18. The molecule has 1 aliphatic heterocycles. The number of guanidine groups is 1. The topological polar surface area (TPSA) is 127 Å². The summed E-state index contributed by atoms with van der Waals surface area (Å²) in [5.74, 6) is 0.479. The molecule has 2 aliphatic rings. The van der Waals surface area contributed by atoms with E-state index >= 15 is 0 Å². The normalized spacial score (nSPS) is 19.6. The number of ether oxygens (including phenoxy) is 1. The average Bonchev–Trinajstić information content (AvgIpc) is 2.86. The molecule has 0 bridgehead atoms. The largest absolute Gasteiger partial charge is 0.449 e. The Balaban J connectivity index is 1.49. The van der Waals surface area contributed by atoms with Gasteiger partial charge in [0.05, 0.1) is 17.1 Å². The Morgan fingerprint density at radius 2 is 2.08 bits per heavy atom. The molecule has 2 aromatic rings. The van der Waals surface area contributed by atoms with E-state index in [1.165, 1.54) is 0 Å². The van der Waals surface area contributed by atoms with Crippen LogP contribution in [0.25, 0.3) is 10.9 Å². The number of aliphatic imine (C=N–C) groups is 1. The zero-order valence-electron chi connectivity index (χ0n) is 21.0. The number of carbonyl (C=O) groups excluding carboxylic acids is 2. The van der Waals surface area contributed by atoms with E-state index < -0.39 is 0 Å². The third-order valence-electron chi connectivity index (χ3n) is 7.04. The van der Waals surface area contributed by atoms with Crippen molar-refractivity contribution < 1.29 is 14.3 Å². The molecule has 1 aliphatic carbocycles. The zero-order valence-corrected chi connectivity index (χ0v) is 21.8. The SMILES string of the molecule is CCCOC(=O)N1CCN(C(=O)c2ccc3c(Cl)c4c(nc3c2)CC(CCN=C(N)N)CC4)[C@@H](C)C1. The summed E-state index contributed by atoms with van der Waals surface area (Å²) in [5.41, 5.74) is 14.3. The summed E-state index contributed by atoms with van der Waals surface area (Å²) >= 11 is 6.80. The number of amides is 2. The molecule has 4 rings (SSSR count). The highest BCUT2D eigenvalue weighted by molar-refractivity contribution is 6.36. The number of halogens is 1. The highest BCUT2D eigenvalue weighted by Gasteiger charge is 2.31. The Bertz CT molecular complexity index is 1170. The third kappa shape index (κ3) is 5.67. The van der Waals surface area contributed by atoms with Crippen LogP contribution in [-0.2, 0) is 17.6 Å². The standard InChI is InChI=1S/C26H35ClN6O3/c1-3-12-36-26(35)32-10-11-33(16(2)15-32)24(34)18-5-7-20-22(14-18)31-21-13-17(8-9-30-25(28)29)4-6-19(21)23(20)27/h5,7,14,16-17H,3-4,6,8-13,15H2,1-2H3,(H4,28,29,30)/t16-,17?/m0/s1. The first-order valence-electron chi connectivity index (χ1n) is 12.7. The van der Waals surface area contributed by atoms with Crippen LogP contribution in [0, 0.1) is 5.92 Å². The fourth-order valence-electron chi connectivity index (χ4n) is 5.09. The van der Waals surface area contributed by atoms with Crippen molar-refractivity contribution in [2.45, 2.75) is 52.0 Å². The molecule has 1 aromatic heterocycles. The molecule has 1 saturated heterocycles. The van der Waals surface area contributed by atoms with Gasteiger partial charge in [0.25, 0.3) is 5.91 Å². The maximum absolute atomic E-state index is 13.4. The number of fused-ring (bicyclic) bond motifs is 2. The molecule has 1 unspecified atom stereocenters. The number of aromatic nitrogens is 1. The lowest BCUT2D eigenvalue weighted by Gasteiger charge is -2.39. The van der Waals surface area contributed by atoms with Gasteiger partial charge in [-0.25, -0.2) is 4.79 Å². The molecular weight excluding hydrogens is 480 g/mol. The minimum atomic E-state index is -0.318. The molecule has 0 spiro atoms. The molecule has 36 heavy (non-hydrogen) atoms. The number of hydrogen-bond acceptors (Lipinski definition) is 5. The van der Waals surface area contributed by atoms with E-state index in [0.717, 1.165) is 59.3 Å². The van der Waals surface area contributed by atoms with Gasteiger partial charge in [-0.1, -0.05) is 24.6 Å². The summed E-state index contributed by atoms with van der Waals surface area (Å²) in [6.45, 7) is 6.26. The van der Waals surface area contributed by atoms with E-state index in [-0.39, 0.29) is 24.0 Å². The van der Waals surface area contributed by atoms with Gasteiger partial charge >= 0.3 is 6.09 Å². The minimum Gasteiger partial charge on any atom is -0.449 e. The summed E-state index contributed by atoms with van der Waals surface area (Å²) in [7, 11) is 0. The van der Waals surface area contributed by atoms with Crippen LogP contribution in [0.3, 0.4) is 0 Å². The number of hydrogen-bond donors (Lipinski definition) is 2. The number of nitrogens with two attached hydrogens (primary N) is 2. The van der Waals surface area contributed by atoms with E-state index in [9.17, 15) is 9.59 Å². The number of rotatable bonds is 6. The van der Waals surface area contributed by atoms with Crippen LogP contribution in [0.4, 0.5) is 4.79 Å². The molecule has 10 heteroatoms. The first-order valence-corrected chi connectivity index (χ1v) is 13.0.